The maximum Gasteiger partial charge on any atom is 0.0512 e. The molecule has 3 N–H and O–H groups in total. The van der Waals surface area contributed by atoms with Crippen LogP contribution in [0.15, 0.2) is 39.5 Å². The molecule has 5 heteroatoms. The Morgan fingerprint density at radius 3 is 2.88 bits per heavy atom. The van der Waals surface area contributed by atoms with E-state index in [-0.39, 0.29) is 6.04 Å². The highest BCUT2D eigenvalue weighted by Crippen LogP contribution is 2.28. The van der Waals surface area contributed by atoms with Crippen molar-refractivity contribution in [1.82, 2.24) is 5.43 Å². The number of nitrogens with two attached hydrogens (primary N) is 1. The minimum absolute atomic E-state index is 0.0534. The fraction of sp³-hybridized carbons (Fsp3) is 0.167. The van der Waals surface area contributed by atoms with Crippen molar-refractivity contribution in [2.75, 3.05) is 0 Å². The van der Waals surface area contributed by atoms with Gasteiger partial charge in [0.15, 0.2) is 0 Å². The van der Waals surface area contributed by atoms with Crippen molar-refractivity contribution in [3.05, 3.63) is 55.6 Å². The summed E-state index contributed by atoms with van der Waals surface area (Å²) in [6, 6.07) is 7.89. The summed E-state index contributed by atoms with van der Waals surface area (Å²) in [5, 5.41) is 4.91. The van der Waals surface area contributed by atoms with Gasteiger partial charge in [-0.05, 0) is 52.6 Å². The fourth-order valence-corrected chi connectivity index (χ4v) is 3.07. The van der Waals surface area contributed by atoms with E-state index >= 15 is 0 Å². The summed E-state index contributed by atoms with van der Waals surface area (Å²) in [4.78, 5) is 0. The van der Waals surface area contributed by atoms with Crippen molar-refractivity contribution in [1.29, 1.82) is 0 Å². The number of hydrogen-bond donors (Lipinski definition) is 2. The molecule has 0 radical (unpaired) electrons. The zero-order valence-electron chi connectivity index (χ0n) is 8.99. The van der Waals surface area contributed by atoms with E-state index in [4.69, 9.17) is 17.4 Å². The van der Waals surface area contributed by atoms with Gasteiger partial charge >= 0.3 is 0 Å². The second-order valence-corrected chi connectivity index (χ2v) is 5.79. The van der Waals surface area contributed by atoms with Crippen molar-refractivity contribution in [3.63, 3.8) is 0 Å². The van der Waals surface area contributed by atoms with Gasteiger partial charge in [0.1, 0.15) is 0 Å². The Labute approximate surface area is 118 Å². The highest BCUT2D eigenvalue weighted by atomic mass is 79.9. The van der Waals surface area contributed by atoms with Crippen LogP contribution in [0.3, 0.4) is 0 Å². The molecule has 0 fully saturated rings. The fourth-order valence-electron chi connectivity index (χ4n) is 1.68. The molecule has 0 saturated carbocycles. The van der Waals surface area contributed by atoms with E-state index < -0.39 is 0 Å². The molecule has 1 aromatic heterocycles. The zero-order chi connectivity index (χ0) is 12.3. The molecule has 0 aliphatic carbocycles. The normalized spacial score (nSPS) is 12.6. The lowest BCUT2D eigenvalue weighted by atomic mass is 10.0. The summed E-state index contributed by atoms with van der Waals surface area (Å²) in [5.74, 6) is 5.63. The number of rotatable bonds is 4. The molecule has 0 bridgehead atoms. The molecule has 0 saturated heterocycles. The molecule has 17 heavy (non-hydrogen) atoms. The van der Waals surface area contributed by atoms with Crippen LogP contribution in [0.5, 0.6) is 0 Å². The van der Waals surface area contributed by atoms with Gasteiger partial charge in [0, 0.05) is 9.50 Å². The molecule has 1 unspecified atom stereocenters. The van der Waals surface area contributed by atoms with Crippen LogP contribution in [0.2, 0.25) is 5.02 Å². The third kappa shape index (κ3) is 3.30. The molecule has 0 aliphatic heterocycles. The Bertz CT molecular complexity index is 487. The molecule has 2 nitrogen and oxygen atoms in total. The Morgan fingerprint density at radius 2 is 2.24 bits per heavy atom. The number of halogens is 2. The van der Waals surface area contributed by atoms with E-state index in [1.54, 1.807) is 11.3 Å². The Balaban J connectivity index is 2.25. The van der Waals surface area contributed by atoms with Crippen molar-refractivity contribution in [2.45, 2.75) is 12.5 Å². The highest BCUT2D eigenvalue weighted by molar-refractivity contribution is 9.10. The first-order chi connectivity index (χ1) is 8.20. The smallest absolute Gasteiger partial charge is 0.0512 e. The lowest BCUT2D eigenvalue weighted by Gasteiger charge is -2.17. The third-order valence-corrected chi connectivity index (χ3v) is 4.24. The van der Waals surface area contributed by atoms with Crippen LogP contribution in [0.1, 0.15) is 17.2 Å². The first-order valence-corrected chi connectivity index (χ1v) is 7.24. The summed E-state index contributed by atoms with van der Waals surface area (Å²) >= 11 is 11.2. The van der Waals surface area contributed by atoms with Gasteiger partial charge in [-0.25, -0.2) is 0 Å². The largest absolute Gasteiger partial charge is 0.271 e. The number of benzene rings is 1. The molecular weight excluding hydrogens is 320 g/mol. The van der Waals surface area contributed by atoms with E-state index in [1.807, 2.05) is 18.2 Å². The molecular formula is C12H12BrClN2S. The first kappa shape index (κ1) is 13.1. The van der Waals surface area contributed by atoms with Gasteiger partial charge in [0.2, 0.25) is 0 Å². The van der Waals surface area contributed by atoms with Crippen molar-refractivity contribution < 1.29 is 0 Å². The number of thiophene rings is 1. The van der Waals surface area contributed by atoms with E-state index in [0.717, 1.165) is 16.5 Å². The monoisotopic (exact) mass is 330 g/mol. The van der Waals surface area contributed by atoms with Crippen LogP contribution in [0.4, 0.5) is 0 Å². The average Bonchev–Trinajstić information content (AvgIpc) is 2.82. The van der Waals surface area contributed by atoms with E-state index in [1.165, 1.54) is 5.56 Å². The first-order valence-electron chi connectivity index (χ1n) is 5.13. The molecule has 0 aliphatic rings. The second kappa shape index (κ2) is 5.98. The minimum Gasteiger partial charge on any atom is -0.271 e. The van der Waals surface area contributed by atoms with Gasteiger partial charge in [-0.2, -0.15) is 11.3 Å². The predicted molar refractivity (Wildman–Crippen MR) is 77.2 cm³/mol. The average molecular weight is 332 g/mol. The lowest BCUT2D eigenvalue weighted by Crippen LogP contribution is -2.29. The van der Waals surface area contributed by atoms with Crippen LogP contribution < -0.4 is 11.3 Å². The second-order valence-electron chi connectivity index (χ2n) is 3.72. The maximum absolute atomic E-state index is 6.01. The number of hydrogen-bond acceptors (Lipinski definition) is 3. The van der Waals surface area contributed by atoms with Crippen LogP contribution >= 0.6 is 38.9 Å². The van der Waals surface area contributed by atoms with Crippen LogP contribution in [-0.2, 0) is 6.42 Å². The molecule has 2 rings (SSSR count). The van der Waals surface area contributed by atoms with E-state index in [2.05, 4.69) is 38.2 Å². The molecule has 90 valence electrons. The standard InChI is InChI=1S/C12H12BrClN2S/c13-11-2-1-9(14)6-10(11)12(16-15)5-8-3-4-17-7-8/h1-4,6-7,12,16H,5,15H2. The summed E-state index contributed by atoms with van der Waals surface area (Å²) in [7, 11) is 0. The molecule has 1 heterocycles. The zero-order valence-corrected chi connectivity index (χ0v) is 12.1. The minimum atomic E-state index is 0.0534. The summed E-state index contributed by atoms with van der Waals surface area (Å²) in [6.45, 7) is 0. The molecule has 1 atom stereocenters. The number of nitrogens with one attached hydrogen (secondary N) is 1. The maximum atomic E-state index is 6.01. The molecule has 1 aromatic carbocycles. The van der Waals surface area contributed by atoms with Gasteiger partial charge < -0.3 is 0 Å². The highest BCUT2D eigenvalue weighted by Gasteiger charge is 2.14. The van der Waals surface area contributed by atoms with E-state index in [9.17, 15) is 0 Å². The number of hydrazine groups is 1. The van der Waals surface area contributed by atoms with Crippen LogP contribution in [-0.4, -0.2) is 0 Å². The van der Waals surface area contributed by atoms with Crippen LogP contribution in [0.25, 0.3) is 0 Å². The molecule has 2 aromatic rings. The van der Waals surface area contributed by atoms with Gasteiger partial charge in [-0.1, -0.05) is 27.5 Å². The van der Waals surface area contributed by atoms with Crippen molar-refractivity contribution in [2.24, 2.45) is 5.84 Å². The topological polar surface area (TPSA) is 38.0 Å². The Hall–Kier alpha value is -0.390. The van der Waals surface area contributed by atoms with E-state index in [0.29, 0.717) is 5.02 Å². The van der Waals surface area contributed by atoms with Gasteiger partial charge in [0.05, 0.1) is 6.04 Å². The van der Waals surface area contributed by atoms with Gasteiger partial charge in [-0.15, -0.1) is 0 Å². The van der Waals surface area contributed by atoms with Crippen LogP contribution in [0, 0.1) is 0 Å². The van der Waals surface area contributed by atoms with Gasteiger partial charge in [0.25, 0.3) is 0 Å². The molecule has 0 amide bonds. The third-order valence-electron chi connectivity index (χ3n) is 2.55. The predicted octanol–water partition coefficient (Wildman–Crippen LogP) is 3.91. The summed E-state index contributed by atoms with van der Waals surface area (Å²) in [5.41, 5.74) is 5.18. The van der Waals surface area contributed by atoms with Gasteiger partial charge in [-0.3, -0.25) is 11.3 Å². The summed E-state index contributed by atoms with van der Waals surface area (Å²) < 4.78 is 1.01. The Morgan fingerprint density at radius 1 is 1.41 bits per heavy atom. The van der Waals surface area contributed by atoms with Crippen molar-refractivity contribution in [3.8, 4) is 0 Å². The molecule has 0 spiro atoms. The SMILES string of the molecule is NNC(Cc1ccsc1)c1cc(Cl)ccc1Br. The lowest BCUT2D eigenvalue weighted by molar-refractivity contribution is 0.550. The quantitative estimate of drug-likeness (QED) is 0.658. The Kier molecular flexibility index (Phi) is 4.59. The van der Waals surface area contributed by atoms with Crippen molar-refractivity contribution >= 4 is 38.9 Å². The summed E-state index contributed by atoms with van der Waals surface area (Å²) in [6.07, 6.45) is 0.846.